The summed E-state index contributed by atoms with van der Waals surface area (Å²) < 4.78 is 5.50. The Hall–Kier alpha value is -3.02. The molecule has 0 aliphatic heterocycles. The fourth-order valence-electron chi connectivity index (χ4n) is 3.08. The van der Waals surface area contributed by atoms with Gasteiger partial charge in [0.25, 0.3) is 0 Å². The highest BCUT2D eigenvalue weighted by Crippen LogP contribution is 2.22. The number of ether oxygens (including phenoxy) is 1. The van der Waals surface area contributed by atoms with E-state index in [1.54, 1.807) is 12.1 Å². The topological polar surface area (TPSA) is 79.5 Å². The number of urea groups is 1. The number of anilines is 2. The highest BCUT2D eigenvalue weighted by Gasteiger charge is 2.26. The fraction of sp³-hybridized carbons (Fsp3) is 0.300. The molecule has 0 saturated heterocycles. The monoisotopic (exact) mass is 353 g/mol. The van der Waals surface area contributed by atoms with Crippen LogP contribution in [0.3, 0.4) is 0 Å². The Morgan fingerprint density at radius 3 is 2.12 bits per heavy atom. The smallest absolute Gasteiger partial charge is 0.411 e. The van der Waals surface area contributed by atoms with Crippen molar-refractivity contribution in [3.63, 3.8) is 0 Å². The van der Waals surface area contributed by atoms with Crippen molar-refractivity contribution < 1.29 is 14.3 Å². The molecule has 6 nitrogen and oxygen atoms in total. The van der Waals surface area contributed by atoms with Gasteiger partial charge in [0, 0.05) is 23.8 Å². The van der Waals surface area contributed by atoms with Crippen molar-refractivity contribution >= 4 is 23.5 Å². The van der Waals surface area contributed by atoms with E-state index >= 15 is 0 Å². The molecular formula is C20H23N3O3. The number of carbonyl (C=O) groups excluding carboxylic acids is 2. The maximum atomic E-state index is 12.1. The van der Waals surface area contributed by atoms with E-state index in [1.165, 1.54) is 0 Å². The number of benzene rings is 2. The minimum atomic E-state index is -0.462. The summed E-state index contributed by atoms with van der Waals surface area (Å²) in [6.45, 7) is 0. The first-order valence-corrected chi connectivity index (χ1v) is 8.84. The number of hydrogen-bond acceptors (Lipinski definition) is 3. The van der Waals surface area contributed by atoms with E-state index in [0.29, 0.717) is 12.1 Å². The molecule has 1 aliphatic carbocycles. The quantitative estimate of drug-likeness (QED) is 0.764. The van der Waals surface area contributed by atoms with E-state index < -0.39 is 6.09 Å². The van der Waals surface area contributed by atoms with Gasteiger partial charge in [-0.05, 0) is 43.5 Å². The van der Waals surface area contributed by atoms with Crippen LogP contribution < -0.4 is 16.0 Å². The molecule has 2 atom stereocenters. The van der Waals surface area contributed by atoms with Gasteiger partial charge in [-0.2, -0.15) is 0 Å². The predicted molar refractivity (Wildman–Crippen MR) is 101 cm³/mol. The molecule has 6 heteroatoms. The Bertz CT molecular complexity index is 660. The molecule has 3 N–H and O–H groups in total. The van der Waals surface area contributed by atoms with Gasteiger partial charge in [-0.1, -0.05) is 36.4 Å². The molecule has 1 saturated carbocycles. The van der Waals surface area contributed by atoms with Gasteiger partial charge >= 0.3 is 12.1 Å². The normalized spacial score (nSPS) is 19.2. The van der Waals surface area contributed by atoms with E-state index in [2.05, 4.69) is 16.0 Å². The van der Waals surface area contributed by atoms with Crippen LogP contribution in [0.4, 0.5) is 21.0 Å². The van der Waals surface area contributed by atoms with Crippen LogP contribution in [0.15, 0.2) is 60.7 Å². The van der Waals surface area contributed by atoms with Crippen LogP contribution in [0, 0.1) is 0 Å². The van der Waals surface area contributed by atoms with Crippen LogP contribution in [0.25, 0.3) is 0 Å². The largest absolute Gasteiger partial charge is 0.446 e. The fourth-order valence-corrected chi connectivity index (χ4v) is 3.08. The SMILES string of the molecule is O=C(Nc1ccccc1)N[C@H]1CCC[C@H](OC(=O)Nc2ccccc2)C1. The van der Waals surface area contributed by atoms with Crippen LogP contribution in [-0.4, -0.2) is 24.3 Å². The Morgan fingerprint density at radius 2 is 1.46 bits per heavy atom. The number of rotatable bonds is 4. The molecule has 0 bridgehead atoms. The molecule has 1 fully saturated rings. The molecule has 3 amide bonds. The third-order valence-electron chi connectivity index (χ3n) is 4.29. The summed E-state index contributed by atoms with van der Waals surface area (Å²) in [5.74, 6) is 0. The highest BCUT2D eigenvalue weighted by atomic mass is 16.6. The Labute approximate surface area is 152 Å². The number of nitrogens with one attached hydrogen (secondary N) is 3. The lowest BCUT2D eigenvalue weighted by molar-refractivity contribution is 0.0779. The lowest BCUT2D eigenvalue weighted by atomic mass is 9.93. The molecule has 3 rings (SSSR count). The van der Waals surface area contributed by atoms with Crippen molar-refractivity contribution in [3.05, 3.63) is 60.7 Å². The Kier molecular flexibility index (Phi) is 6.09. The van der Waals surface area contributed by atoms with Crippen molar-refractivity contribution in [2.24, 2.45) is 0 Å². The van der Waals surface area contributed by atoms with Crippen molar-refractivity contribution in [2.75, 3.05) is 10.6 Å². The predicted octanol–water partition coefficient (Wildman–Crippen LogP) is 4.37. The minimum Gasteiger partial charge on any atom is -0.446 e. The average molecular weight is 353 g/mol. The zero-order valence-corrected chi connectivity index (χ0v) is 14.5. The van der Waals surface area contributed by atoms with Gasteiger partial charge in [-0.3, -0.25) is 5.32 Å². The van der Waals surface area contributed by atoms with E-state index in [1.807, 2.05) is 48.5 Å². The standard InChI is InChI=1S/C20H23N3O3/c24-19(21-15-8-3-1-4-9-15)22-17-12-7-13-18(14-17)26-20(25)23-16-10-5-2-6-11-16/h1-6,8-11,17-18H,7,12-14H2,(H,23,25)(H2,21,22,24)/t17-,18-/m0/s1. The third-order valence-corrected chi connectivity index (χ3v) is 4.29. The summed E-state index contributed by atoms with van der Waals surface area (Å²) in [6, 6.07) is 18.2. The van der Waals surface area contributed by atoms with E-state index in [-0.39, 0.29) is 18.2 Å². The number of amides is 3. The molecule has 0 radical (unpaired) electrons. The van der Waals surface area contributed by atoms with Gasteiger partial charge in [0.15, 0.2) is 0 Å². The Balaban J connectivity index is 1.45. The minimum absolute atomic E-state index is 0.0120. The molecule has 26 heavy (non-hydrogen) atoms. The Morgan fingerprint density at radius 1 is 0.846 bits per heavy atom. The second-order valence-electron chi connectivity index (χ2n) is 6.35. The number of para-hydroxylation sites is 2. The highest BCUT2D eigenvalue weighted by molar-refractivity contribution is 5.89. The first kappa shape index (κ1) is 17.8. The molecule has 2 aromatic rings. The van der Waals surface area contributed by atoms with Gasteiger partial charge < -0.3 is 15.4 Å². The summed E-state index contributed by atoms with van der Waals surface area (Å²) in [4.78, 5) is 24.1. The summed E-state index contributed by atoms with van der Waals surface area (Å²) >= 11 is 0. The van der Waals surface area contributed by atoms with Gasteiger partial charge in [-0.25, -0.2) is 9.59 Å². The van der Waals surface area contributed by atoms with Crippen molar-refractivity contribution in [2.45, 2.75) is 37.8 Å². The molecule has 0 spiro atoms. The van der Waals surface area contributed by atoms with E-state index in [9.17, 15) is 9.59 Å². The maximum Gasteiger partial charge on any atom is 0.411 e. The summed E-state index contributed by atoms with van der Waals surface area (Å²) in [6.07, 6.45) is 2.54. The van der Waals surface area contributed by atoms with Crippen LogP contribution in [-0.2, 0) is 4.74 Å². The van der Waals surface area contributed by atoms with Crippen LogP contribution in [0.2, 0.25) is 0 Å². The van der Waals surface area contributed by atoms with Crippen LogP contribution >= 0.6 is 0 Å². The molecular weight excluding hydrogens is 330 g/mol. The van der Waals surface area contributed by atoms with Gasteiger partial charge in [0.1, 0.15) is 6.10 Å². The van der Waals surface area contributed by atoms with Crippen LogP contribution in [0.5, 0.6) is 0 Å². The summed E-state index contributed by atoms with van der Waals surface area (Å²) in [5, 5.41) is 8.48. The molecule has 2 aromatic carbocycles. The molecule has 0 heterocycles. The van der Waals surface area contributed by atoms with Crippen molar-refractivity contribution in [3.8, 4) is 0 Å². The molecule has 136 valence electrons. The second-order valence-corrected chi connectivity index (χ2v) is 6.35. The van der Waals surface area contributed by atoms with Crippen molar-refractivity contribution in [1.82, 2.24) is 5.32 Å². The first-order valence-electron chi connectivity index (χ1n) is 8.84. The van der Waals surface area contributed by atoms with Gasteiger partial charge in [-0.15, -0.1) is 0 Å². The first-order chi connectivity index (χ1) is 12.7. The second kappa shape index (κ2) is 8.89. The number of carbonyl (C=O) groups is 2. The summed E-state index contributed by atoms with van der Waals surface area (Å²) in [7, 11) is 0. The molecule has 0 aromatic heterocycles. The van der Waals surface area contributed by atoms with Crippen LogP contribution in [0.1, 0.15) is 25.7 Å². The van der Waals surface area contributed by atoms with E-state index in [0.717, 1.165) is 24.9 Å². The van der Waals surface area contributed by atoms with Gasteiger partial charge in [0.2, 0.25) is 0 Å². The zero-order valence-electron chi connectivity index (χ0n) is 14.5. The zero-order chi connectivity index (χ0) is 18.2. The third kappa shape index (κ3) is 5.51. The maximum absolute atomic E-state index is 12.1. The van der Waals surface area contributed by atoms with Gasteiger partial charge in [0.05, 0.1) is 0 Å². The lowest BCUT2D eigenvalue weighted by Crippen LogP contribution is -2.43. The van der Waals surface area contributed by atoms with E-state index in [4.69, 9.17) is 4.74 Å². The number of hydrogen-bond donors (Lipinski definition) is 3. The van der Waals surface area contributed by atoms with Crippen molar-refractivity contribution in [1.29, 1.82) is 0 Å². The lowest BCUT2D eigenvalue weighted by Gasteiger charge is -2.29. The average Bonchev–Trinajstić information content (AvgIpc) is 2.63. The summed E-state index contributed by atoms with van der Waals surface area (Å²) in [5.41, 5.74) is 1.45. The molecule has 1 aliphatic rings. The molecule has 0 unspecified atom stereocenters.